The van der Waals surface area contributed by atoms with E-state index in [1.54, 1.807) is 31.4 Å². The van der Waals surface area contributed by atoms with Crippen molar-refractivity contribution in [3.05, 3.63) is 54.1 Å². The van der Waals surface area contributed by atoms with Crippen molar-refractivity contribution in [3.8, 4) is 5.75 Å². The van der Waals surface area contributed by atoms with Crippen LogP contribution in [-0.4, -0.2) is 38.6 Å². The van der Waals surface area contributed by atoms with Crippen LogP contribution >= 0.6 is 0 Å². The van der Waals surface area contributed by atoms with Crippen LogP contribution in [0.25, 0.3) is 0 Å². The fourth-order valence-corrected chi connectivity index (χ4v) is 3.01. The van der Waals surface area contributed by atoms with Gasteiger partial charge < -0.3 is 20.3 Å². The topological polar surface area (TPSA) is 71.9 Å². The molecule has 6 nitrogen and oxygen atoms in total. The number of quaternary nitrogens is 1. The summed E-state index contributed by atoms with van der Waals surface area (Å²) in [5, 5.41) is 5.89. The number of methoxy groups -OCH3 is 1. The number of rotatable bonds is 9. The van der Waals surface area contributed by atoms with Gasteiger partial charge in [-0.25, -0.2) is 0 Å². The Morgan fingerprint density at radius 1 is 1.03 bits per heavy atom. The van der Waals surface area contributed by atoms with Gasteiger partial charge in [0.1, 0.15) is 5.75 Å². The molecule has 0 radical (unpaired) electrons. The smallest absolute Gasteiger partial charge is 0.282 e. The summed E-state index contributed by atoms with van der Waals surface area (Å²) in [5.74, 6) is 0.846. The molecule has 0 bridgehead atoms. The van der Waals surface area contributed by atoms with Crippen LogP contribution in [0.5, 0.6) is 5.75 Å². The van der Waals surface area contributed by atoms with E-state index in [1.165, 1.54) is 0 Å². The molecule has 0 fully saturated rings. The molecule has 0 aliphatic heterocycles. The highest BCUT2D eigenvalue weighted by Crippen LogP contribution is 2.26. The first-order valence-corrected chi connectivity index (χ1v) is 10.0. The maximum Gasteiger partial charge on any atom is 0.282 e. The van der Waals surface area contributed by atoms with Crippen molar-refractivity contribution in [2.24, 2.45) is 0 Å². The SMILES string of the molecule is CC[C@@H](C)c1ccccc1NC(=O)[C@H](C)[NH+](C)CC(=O)Nc1ccc(OC)cc1. The fraction of sp³-hybridized carbons (Fsp3) is 0.391. The Bertz CT molecular complexity index is 820. The summed E-state index contributed by atoms with van der Waals surface area (Å²) < 4.78 is 5.11. The molecule has 1 unspecified atom stereocenters. The molecule has 2 rings (SSSR count). The number of hydrogen-bond acceptors (Lipinski definition) is 3. The van der Waals surface area contributed by atoms with Crippen molar-refractivity contribution in [1.29, 1.82) is 0 Å². The van der Waals surface area contributed by atoms with Gasteiger partial charge in [0.2, 0.25) is 0 Å². The Labute approximate surface area is 173 Å². The Morgan fingerprint density at radius 3 is 2.31 bits per heavy atom. The summed E-state index contributed by atoms with van der Waals surface area (Å²) in [4.78, 5) is 25.9. The molecule has 0 spiro atoms. The van der Waals surface area contributed by atoms with E-state index in [0.29, 0.717) is 11.6 Å². The molecule has 0 aromatic heterocycles. The minimum Gasteiger partial charge on any atom is -0.497 e. The van der Waals surface area contributed by atoms with E-state index in [9.17, 15) is 9.59 Å². The van der Waals surface area contributed by atoms with Gasteiger partial charge in [0.25, 0.3) is 11.8 Å². The van der Waals surface area contributed by atoms with Gasteiger partial charge in [-0.05, 0) is 55.2 Å². The van der Waals surface area contributed by atoms with Gasteiger partial charge in [0.15, 0.2) is 12.6 Å². The third kappa shape index (κ3) is 6.32. The second-order valence-corrected chi connectivity index (χ2v) is 7.41. The molecule has 2 amide bonds. The summed E-state index contributed by atoms with van der Waals surface area (Å²) in [6.07, 6.45) is 0.999. The molecular formula is C23H32N3O3+. The minimum atomic E-state index is -0.374. The maximum atomic E-state index is 12.7. The van der Waals surface area contributed by atoms with Crippen LogP contribution in [0.15, 0.2) is 48.5 Å². The minimum absolute atomic E-state index is 0.101. The number of para-hydroxylation sites is 1. The predicted molar refractivity (Wildman–Crippen MR) is 117 cm³/mol. The maximum absolute atomic E-state index is 12.7. The largest absolute Gasteiger partial charge is 0.497 e. The molecule has 2 aromatic carbocycles. The first kappa shape index (κ1) is 22.4. The Morgan fingerprint density at radius 2 is 1.69 bits per heavy atom. The number of benzene rings is 2. The first-order valence-electron chi connectivity index (χ1n) is 10.0. The summed E-state index contributed by atoms with van der Waals surface area (Å²) in [6.45, 7) is 6.30. The number of likely N-dealkylation sites (N-methyl/N-ethyl adjacent to an activating group) is 1. The van der Waals surface area contributed by atoms with Crippen LogP contribution in [-0.2, 0) is 9.59 Å². The van der Waals surface area contributed by atoms with E-state index < -0.39 is 0 Å². The standard InChI is InChI=1S/C23H31N3O3/c1-6-16(2)20-9-7-8-10-21(20)25-23(28)17(3)26(4)15-22(27)24-18-11-13-19(29-5)14-12-18/h7-14,16-17H,6,15H2,1-5H3,(H,24,27)(H,25,28)/p+1/t16-,17+/m1/s1. The average molecular weight is 399 g/mol. The van der Waals surface area contributed by atoms with Gasteiger partial charge in [0.05, 0.1) is 14.2 Å². The second kappa shape index (κ2) is 10.6. The van der Waals surface area contributed by atoms with Gasteiger partial charge in [-0.1, -0.05) is 32.0 Å². The number of ether oxygens (including phenoxy) is 1. The molecule has 0 saturated carbocycles. The van der Waals surface area contributed by atoms with Crippen LogP contribution in [0.4, 0.5) is 11.4 Å². The van der Waals surface area contributed by atoms with Crippen LogP contribution in [0, 0.1) is 0 Å². The first-order chi connectivity index (χ1) is 13.8. The Balaban J connectivity index is 1.94. The highest BCUT2D eigenvalue weighted by molar-refractivity contribution is 5.95. The molecular weight excluding hydrogens is 366 g/mol. The third-order valence-electron chi connectivity index (χ3n) is 5.31. The lowest BCUT2D eigenvalue weighted by Crippen LogP contribution is -3.14. The van der Waals surface area contributed by atoms with E-state index in [4.69, 9.17) is 4.74 Å². The molecule has 2 aromatic rings. The molecule has 0 aliphatic rings. The number of anilines is 2. The van der Waals surface area contributed by atoms with Crippen molar-refractivity contribution in [1.82, 2.24) is 0 Å². The summed E-state index contributed by atoms with van der Waals surface area (Å²) in [7, 11) is 3.44. The highest BCUT2D eigenvalue weighted by Gasteiger charge is 2.25. The van der Waals surface area contributed by atoms with Crippen LogP contribution in [0.1, 0.15) is 38.7 Å². The van der Waals surface area contributed by atoms with Crippen molar-refractivity contribution < 1.29 is 19.2 Å². The number of amides is 2. The Kier molecular flexibility index (Phi) is 8.21. The number of hydrogen-bond donors (Lipinski definition) is 3. The Hall–Kier alpha value is -2.86. The van der Waals surface area contributed by atoms with E-state index in [1.807, 2.05) is 38.2 Å². The van der Waals surface area contributed by atoms with Crippen LogP contribution in [0.2, 0.25) is 0 Å². The van der Waals surface area contributed by atoms with Crippen LogP contribution in [0.3, 0.4) is 0 Å². The zero-order chi connectivity index (χ0) is 21.4. The van der Waals surface area contributed by atoms with Crippen LogP contribution < -0.4 is 20.3 Å². The molecule has 0 saturated heterocycles. The van der Waals surface area contributed by atoms with Gasteiger partial charge in [-0.15, -0.1) is 0 Å². The third-order valence-corrected chi connectivity index (χ3v) is 5.31. The number of nitrogens with one attached hydrogen (secondary N) is 3. The van der Waals surface area contributed by atoms with E-state index >= 15 is 0 Å². The van der Waals surface area contributed by atoms with Crippen molar-refractivity contribution in [3.63, 3.8) is 0 Å². The lowest BCUT2D eigenvalue weighted by Gasteiger charge is -2.22. The second-order valence-electron chi connectivity index (χ2n) is 7.41. The van der Waals surface area contributed by atoms with Gasteiger partial charge in [-0.3, -0.25) is 9.59 Å². The highest BCUT2D eigenvalue weighted by atomic mass is 16.5. The summed E-state index contributed by atoms with van der Waals surface area (Å²) >= 11 is 0. The molecule has 3 atom stereocenters. The van der Waals surface area contributed by atoms with Crippen molar-refractivity contribution in [2.45, 2.75) is 39.2 Å². The number of carbonyl (C=O) groups is 2. The van der Waals surface area contributed by atoms with E-state index in [2.05, 4.69) is 24.5 Å². The quantitative estimate of drug-likeness (QED) is 0.608. The number of carbonyl (C=O) groups excluding carboxylic acids is 2. The lowest BCUT2D eigenvalue weighted by atomic mass is 9.97. The molecule has 0 aliphatic carbocycles. The monoisotopic (exact) mass is 398 g/mol. The predicted octanol–water partition coefficient (Wildman–Crippen LogP) is 2.69. The zero-order valence-electron chi connectivity index (χ0n) is 17.9. The van der Waals surface area contributed by atoms with Gasteiger partial charge in [0, 0.05) is 11.4 Å². The van der Waals surface area contributed by atoms with E-state index in [0.717, 1.165) is 28.3 Å². The lowest BCUT2D eigenvalue weighted by molar-refractivity contribution is -0.885. The molecule has 29 heavy (non-hydrogen) atoms. The molecule has 156 valence electrons. The summed E-state index contributed by atoms with van der Waals surface area (Å²) in [5.41, 5.74) is 2.67. The van der Waals surface area contributed by atoms with Gasteiger partial charge >= 0.3 is 0 Å². The average Bonchev–Trinajstić information content (AvgIpc) is 2.73. The van der Waals surface area contributed by atoms with Crippen molar-refractivity contribution >= 4 is 23.2 Å². The van der Waals surface area contributed by atoms with Crippen molar-refractivity contribution in [2.75, 3.05) is 31.3 Å². The summed E-state index contributed by atoms with van der Waals surface area (Å²) in [6, 6.07) is 14.7. The van der Waals surface area contributed by atoms with Gasteiger partial charge in [-0.2, -0.15) is 0 Å². The molecule has 0 heterocycles. The fourth-order valence-electron chi connectivity index (χ4n) is 3.01. The molecule has 3 N–H and O–H groups in total. The van der Waals surface area contributed by atoms with E-state index in [-0.39, 0.29) is 24.4 Å². The zero-order valence-corrected chi connectivity index (χ0v) is 17.9. The molecule has 6 heteroatoms. The normalized spacial score (nSPS) is 13.8.